The number of urea groups is 1. The number of halogens is 3. The lowest BCUT2D eigenvalue weighted by Gasteiger charge is -2.39. The molecule has 0 saturated heterocycles. The van der Waals surface area contributed by atoms with Gasteiger partial charge in [0.1, 0.15) is 0 Å². The van der Waals surface area contributed by atoms with Crippen molar-refractivity contribution in [2.45, 2.75) is 26.1 Å². The molecule has 2 aliphatic rings. The highest BCUT2D eigenvalue weighted by molar-refractivity contribution is 6.02. The smallest absolute Gasteiger partial charge is 0.416 e. The molecular weight excluding hydrogens is 399 g/mol. The van der Waals surface area contributed by atoms with E-state index in [0.29, 0.717) is 5.57 Å². The molecule has 3 atom stereocenters. The highest BCUT2D eigenvalue weighted by Gasteiger charge is 2.41. The monoisotopic (exact) mass is 417 g/mol. The van der Waals surface area contributed by atoms with Crippen LogP contribution in [0.3, 0.4) is 0 Å². The maximum absolute atomic E-state index is 13.1. The van der Waals surface area contributed by atoms with Crippen LogP contribution in [-0.4, -0.2) is 23.1 Å². The van der Waals surface area contributed by atoms with Gasteiger partial charge in [-0.2, -0.15) is 18.4 Å². The van der Waals surface area contributed by atoms with E-state index in [1.54, 1.807) is 25.2 Å². The predicted octanol–water partition coefficient (Wildman–Crippen LogP) is 4.23. The summed E-state index contributed by atoms with van der Waals surface area (Å²) in [5, 5.41) is 21.5. The van der Waals surface area contributed by atoms with Crippen molar-refractivity contribution in [2.24, 2.45) is 11.8 Å². The molecule has 30 heavy (non-hydrogen) atoms. The Morgan fingerprint density at radius 3 is 2.60 bits per heavy atom. The first-order valence-corrected chi connectivity index (χ1v) is 9.06. The van der Waals surface area contributed by atoms with Crippen LogP contribution in [0.25, 0.3) is 0 Å². The van der Waals surface area contributed by atoms with Gasteiger partial charge in [0.25, 0.3) is 0 Å². The summed E-state index contributed by atoms with van der Waals surface area (Å²) in [6.45, 7) is 3.19. The zero-order chi connectivity index (χ0) is 22.2. The van der Waals surface area contributed by atoms with Gasteiger partial charge in [-0.25, -0.2) is 9.59 Å². The number of nitrogens with one attached hydrogen (secondary N) is 1. The van der Waals surface area contributed by atoms with Gasteiger partial charge in [0.15, 0.2) is 0 Å². The zero-order valence-corrected chi connectivity index (χ0v) is 16.1. The van der Waals surface area contributed by atoms with E-state index < -0.39 is 35.7 Å². The second kappa shape index (κ2) is 7.71. The van der Waals surface area contributed by atoms with Crippen LogP contribution in [0.15, 0.2) is 59.3 Å². The van der Waals surface area contributed by atoms with Crippen LogP contribution in [0.1, 0.15) is 19.4 Å². The van der Waals surface area contributed by atoms with Crippen LogP contribution in [0.2, 0.25) is 0 Å². The number of aliphatic carboxylic acids is 1. The molecule has 1 aliphatic carbocycles. The molecule has 1 aliphatic heterocycles. The number of anilines is 1. The van der Waals surface area contributed by atoms with E-state index in [-0.39, 0.29) is 22.9 Å². The first kappa shape index (κ1) is 21.2. The Bertz CT molecular complexity index is 1030. The molecular formula is C21H18F3N3O3. The third-order valence-electron chi connectivity index (χ3n) is 5.24. The molecule has 3 rings (SSSR count). The van der Waals surface area contributed by atoms with Crippen LogP contribution < -0.4 is 10.2 Å². The maximum atomic E-state index is 13.1. The Balaban J connectivity index is 2.06. The van der Waals surface area contributed by atoms with E-state index in [9.17, 15) is 27.9 Å². The average Bonchev–Trinajstić information content (AvgIpc) is 2.66. The van der Waals surface area contributed by atoms with E-state index in [2.05, 4.69) is 5.32 Å². The first-order valence-electron chi connectivity index (χ1n) is 9.06. The number of carboxylic acids is 1. The summed E-state index contributed by atoms with van der Waals surface area (Å²) < 4.78 is 39.2. The van der Waals surface area contributed by atoms with Crippen molar-refractivity contribution < 1.29 is 27.9 Å². The molecule has 0 bridgehead atoms. The van der Waals surface area contributed by atoms with Crippen LogP contribution in [0.5, 0.6) is 0 Å². The standard InChI is InChI=1S/C21H18F3N3O3/c1-11-8-13(10-25)6-7-16(11)18-17(19(28)29)12(2)27(20(30)26-18)15-5-3-4-14(9-15)21(22,23)24/h3-9,11,16,18H,1-2H3,(H,26,30)(H,28,29)/t11?,16?,18-/m1/s1. The van der Waals surface area contributed by atoms with Gasteiger partial charge in [-0.1, -0.05) is 25.1 Å². The van der Waals surface area contributed by atoms with Gasteiger partial charge in [-0.3, -0.25) is 4.90 Å². The normalized spacial score (nSPS) is 24.3. The van der Waals surface area contributed by atoms with Crippen LogP contribution >= 0.6 is 0 Å². The summed E-state index contributed by atoms with van der Waals surface area (Å²) in [6, 6.07) is 4.53. The van der Waals surface area contributed by atoms with Gasteiger partial charge < -0.3 is 10.4 Å². The lowest BCUT2D eigenvalue weighted by Crippen LogP contribution is -2.55. The largest absolute Gasteiger partial charge is 0.478 e. The van der Waals surface area contributed by atoms with E-state index >= 15 is 0 Å². The highest BCUT2D eigenvalue weighted by Crippen LogP contribution is 2.36. The first-order chi connectivity index (χ1) is 14.0. The third kappa shape index (κ3) is 3.81. The number of nitriles is 1. The van der Waals surface area contributed by atoms with Gasteiger partial charge in [-0.15, -0.1) is 0 Å². The Labute approximate surface area is 170 Å². The molecule has 0 spiro atoms. The van der Waals surface area contributed by atoms with Gasteiger partial charge >= 0.3 is 18.2 Å². The molecule has 1 aromatic rings. The molecule has 1 aromatic carbocycles. The number of benzene rings is 1. The fraction of sp³-hybridized carbons (Fsp3) is 0.286. The fourth-order valence-electron chi connectivity index (χ4n) is 3.81. The second-order valence-electron chi connectivity index (χ2n) is 7.14. The maximum Gasteiger partial charge on any atom is 0.416 e. The number of hydrogen-bond donors (Lipinski definition) is 2. The number of carbonyl (C=O) groups is 2. The van der Waals surface area contributed by atoms with E-state index in [4.69, 9.17) is 5.26 Å². The van der Waals surface area contributed by atoms with Gasteiger partial charge in [0.05, 0.1) is 28.9 Å². The number of allylic oxidation sites excluding steroid dienone is 4. The van der Waals surface area contributed by atoms with Crippen molar-refractivity contribution >= 4 is 17.7 Å². The van der Waals surface area contributed by atoms with Crippen molar-refractivity contribution in [1.29, 1.82) is 5.26 Å². The van der Waals surface area contributed by atoms with Crippen LogP contribution in [0.4, 0.5) is 23.7 Å². The van der Waals surface area contributed by atoms with Crippen LogP contribution in [-0.2, 0) is 11.0 Å². The summed E-state index contributed by atoms with van der Waals surface area (Å²) in [6.07, 6.45) is 0.311. The van der Waals surface area contributed by atoms with Gasteiger partial charge in [0.2, 0.25) is 0 Å². The number of nitrogens with zero attached hydrogens (tertiary/aromatic N) is 2. The molecule has 2 amide bonds. The summed E-state index contributed by atoms with van der Waals surface area (Å²) >= 11 is 0. The summed E-state index contributed by atoms with van der Waals surface area (Å²) in [4.78, 5) is 25.8. The fourth-order valence-corrected chi connectivity index (χ4v) is 3.81. The summed E-state index contributed by atoms with van der Waals surface area (Å²) in [7, 11) is 0. The second-order valence-corrected chi connectivity index (χ2v) is 7.14. The number of amides is 2. The van der Waals surface area contributed by atoms with Crippen molar-refractivity contribution in [3.8, 4) is 6.07 Å². The highest BCUT2D eigenvalue weighted by atomic mass is 19.4. The summed E-state index contributed by atoms with van der Waals surface area (Å²) in [5.74, 6) is -1.96. The Morgan fingerprint density at radius 1 is 1.33 bits per heavy atom. The SMILES string of the molecule is CC1=C(C(=O)O)[C@@H](C2C=CC(C#N)=CC2C)NC(=O)N1c1cccc(C(F)(F)F)c1. The molecule has 2 N–H and O–H groups in total. The molecule has 1 heterocycles. The summed E-state index contributed by atoms with van der Waals surface area (Å²) in [5.41, 5.74) is -0.689. The van der Waals surface area contributed by atoms with Crippen LogP contribution in [0, 0.1) is 23.2 Å². The lowest BCUT2D eigenvalue weighted by atomic mass is 9.78. The molecule has 9 heteroatoms. The Hall–Kier alpha value is -3.54. The van der Waals surface area contributed by atoms with Crippen molar-refractivity contribution in [2.75, 3.05) is 4.90 Å². The number of alkyl halides is 3. The van der Waals surface area contributed by atoms with E-state index in [1.807, 2.05) is 6.07 Å². The molecule has 0 fully saturated rings. The minimum absolute atomic E-state index is 0.0336. The molecule has 6 nitrogen and oxygen atoms in total. The van der Waals surface area contributed by atoms with Crippen molar-refractivity contribution in [3.63, 3.8) is 0 Å². The Morgan fingerprint density at radius 2 is 2.03 bits per heavy atom. The Kier molecular flexibility index (Phi) is 5.44. The van der Waals surface area contributed by atoms with E-state index in [0.717, 1.165) is 23.1 Å². The third-order valence-corrected chi connectivity index (χ3v) is 5.24. The minimum Gasteiger partial charge on any atom is -0.478 e. The quantitative estimate of drug-likeness (QED) is 0.770. The topological polar surface area (TPSA) is 93.4 Å². The average molecular weight is 417 g/mol. The molecule has 2 unspecified atom stereocenters. The van der Waals surface area contributed by atoms with Gasteiger partial charge in [0, 0.05) is 17.2 Å². The van der Waals surface area contributed by atoms with Crippen molar-refractivity contribution in [3.05, 3.63) is 64.9 Å². The molecule has 0 saturated carbocycles. The van der Waals surface area contributed by atoms with Crippen molar-refractivity contribution in [1.82, 2.24) is 5.32 Å². The minimum atomic E-state index is -4.61. The number of carbonyl (C=O) groups excluding carboxylic acids is 1. The number of carboxylic acid groups (broad SMARTS) is 1. The van der Waals surface area contributed by atoms with E-state index in [1.165, 1.54) is 13.0 Å². The number of rotatable bonds is 3. The molecule has 0 radical (unpaired) electrons. The zero-order valence-electron chi connectivity index (χ0n) is 16.1. The molecule has 156 valence electrons. The van der Waals surface area contributed by atoms with Gasteiger partial charge in [-0.05, 0) is 37.1 Å². The molecule has 0 aromatic heterocycles. The number of hydrogen-bond acceptors (Lipinski definition) is 3. The lowest BCUT2D eigenvalue weighted by molar-refractivity contribution is -0.137. The predicted molar refractivity (Wildman–Crippen MR) is 102 cm³/mol.